The Morgan fingerprint density at radius 2 is 1.43 bits per heavy atom. The molecule has 0 unspecified atom stereocenters. The number of hydrogen-bond acceptors (Lipinski definition) is 2. The molecule has 0 bridgehead atoms. The first-order valence-electron chi connectivity index (χ1n) is 7.75. The Hall–Kier alpha value is -2.74. The molecule has 0 spiro atoms. The Labute approximate surface area is 137 Å². The Bertz CT molecular complexity index is 835. The molecule has 0 aliphatic rings. The summed E-state index contributed by atoms with van der Waals surface area (Å²) in [6, 6.07) is 24.7. The van der Waals surface area contributed by atoms with Crippen LogP contribution in [0.1, 0.15) is 12.5 Å². The van der Waals surface area contributed by atoms with E-state index in [-0.39, 0.29) is 0 Å². The van der Waals surface area contributed by atoms with Gasteiger partial charge in [-0.2, -0.15) is 0 Å². The van der Waals surface area contributed by atoms with E-state index in [0.29, 0.717) is 0 Å². The van der Waals surface area contributed by atoms with Gasteiger partial charge >= 0.3 is 0 Å². The lowest BCUT2D eigenvalue weighted by Crippen LogP contribution is -2.13. The molecule has 0 aliphatic carbocycles. The van der Waals surface area contributed by atoms with Gasteiger partial charge in [0, 0.05) is 19.7 Å². The zero-order valence-corrected chi connectivity index (χ0v) is 13.8. The first-order chi connectivity index (χ1) is 11.1. The Kier molecular flexibility index (Phi) is 4.33. The van der Waals surface area contributed by atoms with Crippen molar-refractivity contribution in [3.63, 3.8) is 0 Å². The third kappa shape index (κ3) is 3.37. The van der Waals surface area contributed by atoms with Crippen molar-refractivity contribution in [2.24, 2.45) is 0 Å². The highest BCUT2D eigenvalue weighted by molar-refractivity contribution is 5.84. The minimum absolute atomic E-state index is 0.851. The molecule has 0 fully saturated rings. The van der Waals surface area contributed by atoms with Crippen LogP contribution in [0.25, 0.3) is 16.5 Å². The van der Waals surface area contributed by atoms with Crippen molar-refractivity contribution in [1.82, 2.24) is 4.90 Å². The van der Waals surface area contributed by atoms with E-state index in [2.05, 4.69) is 48.2 Å². The minimum Gasteiger partial charge on any atom is -0.455 e. The number of fused-ring (bicyclic) bond motifs is 1. The van der Waals surface area contributed by atoms with Crippen molar-refractivity contribution in [2.45, 2.75) is 6.92 Å². The number of benzene rings is 3. The lowest BCUT2D eigenvalue weighted by atomic mass is 10.1. The maximum Gasteiger partial charge on any atom is 0.153 e. The summed E-state index contributed by atoms with van der Waals surface area (Å²) < 4.78 is 6.27. The molecule has 0 radical (unpaired) electrons. The van der Waals surface area contributed by atoms with Gasteiger partial charge in [0.1, 0.15) is 5.75 Å². The van der Waals surface area contributed by atoms with Crippen LogP contribution >= 0.6 is 0 Å². The monoisotopic (exact) mass is 303 g/mol. The highest BCUT2D eigenvalue weighted by atomic mass is 16.5. The van der Waals surface area contributed by atoms with Crippen LogP contribution in [-0.4, -0.2) is 19.0 Å². The number of hydrogen-bond donors (Lipinski definition) is 0. The van der Waals surface area contributed by atoms with Crippen LogP contribution in [0, 0.1) is 0 Å². The minimum atomic E-state index is 0.851. The van der Waals surface area contributed by atoms with Gasteiger partial charge < -0.3 is 9.64 Å². The average Bonchev–Trinajstić information content (AvgIpc) is 2.59. The van der Waals surface area contributed by atoms with Gasteiger partial charge in [-0.15, -0.1) is 0 Å². The normalized spacial score (nSPS) is 12.0. The quantitative estimate of drug-likeness (QED) is 0.617. The Morgan fingerprint density at radius 1 is 0.783 bits per heavy atom. The molecule has 23 heavy (non-hydrogen) atoms. The summed E-state index contributed by atoms with van der Waals surface area (Å²) in [6.07, 6.45) is 0. The molecule has 3 aromatic carbocycles. The predicted octanol–water partition coefficient (Wildman–Crippen LogP) is 5.17. The van der Waals surface area contributed by atoms with Crippen LogP contribution in [0.4, 0.5) is 0 Å². The predicted molar refractivity (Wildman–Crippen MR) is 97.3 cm³/mol. The molecule has 3 aromatic rings. The van der Waals surface area contributed by atoms with Crippen LogP contribution in [0.3, 0.4) is 0 Å². The topological polar surface area (TPSA) is 12.5 Å². The lowest BCUT2D eigenvalue weighted by Gasteiger charge is -2.20. The van der Waals surface area contributed by atoms with Gasteiger partial charge in [-0.3, -0.25) is 0 Å². The second kappa shape index (κ2) is 6.57. The molecule has 0 saturated carbocycles. The van der Waals surface area contributed by atoms with Crippen molar-refractivity contribution >= 4 is 16.5 Å². The molecule has 0 N–H and O–H groups in total. The van der Waals surface area contributed by atoms with Crippen LogP contribution in [0.2, 0.25) is 0 Å². The van der Waals surface area contributed by atoms with E-state index in [1.165, 1.54) is 10.8 Å². The van der Waals surface area contributed by atoms with Gasteiger partial charge in [-0.05, 0) is 29.8 Å². The fraction of sp³-hybridized carbons (Fsp3) is 0.143. The van der Waals surface area contributed by atoms with E-state index in [9.17, 15) is 0 Å². The Morgan fingerprint density at radius 3 is 2.13 bits per heavy atom. The molecule has 0 amide bonds. The molecule has 3 rings (SSSR count). The third-order valence-corrected chi connectivity index (χ3v) is 3.98. The van der Waals surface area contributed by atoms with E-state index in [4.69, 9.17) is 4.74 Å². The standard InChI is InChI=1S/C21H21NO/c1-16(22(2)3)21(18-10-5-4-6-11-18)23-20-14-13-17-9-7-8-12-19(17)15-20/h4-15H,1-3H3. The van der Waals surface area contributed by atoms with E-state index < -0.39 is 0 Å². The maximum atomic E-state index is 6.27. The van der Waals surface area contributed by atoms with E-state index in [1.54, 1.807) is 0 Å². The van der Waals surface area contributed by atoms with Crippen molar-refractivity contribution in [1.29, 1.82) is 0 Å². The number of rotatable bonds is 4. The molecular weight excluding hydrogens is 282 g/mol. The average molecular weight is 303 g/mol. The van der Waals surface area contributed by atoms with Gasteiger partial charge in [0.25, 0.3) is 0 Å². The maximum absolute atomic E-state index is 6.27. The first kappa shape index (κ1) is 15.2. The molecule has 2 heteroatoms. The molecule has 0 heterocycles. The summed E-state index contributed by atoms with van der Waals surface area (Å²) in [5, 5.41) is 2.40. The molecule has 116 valence electrons. The second-order valence-electron chi connectivity index (χ2n) is 5.79. The summed E-state index contributed by atoms with van der Waals surface area (Å²) in [5.74, 6) is 1.73. The number of allylic oxidation sites excluding steroid dienone is 1. The van der Waals surface area contributed by atoms with Crippen LogP contribution in [-0.2, 0) is 0 Å². The Balaban J connectivity index is 2.02. The second-order valence-corrected chi connectivity index (χ2v) is 5.79. The zero-order valence-electron chi connectivity index (χ0n) is 13.8. The summed E-state index contributed by atoms with van der Waals surface area (Å²) in [7, 11) is 4.06. The van der Waals surface area contributed by atoms with Crippen LogP contribution < -0.4 is 4.74 Å². The lowest BCUT2D eigenvalue weighted by molar-refractivity contribution is 0.458. The smallest absolute Gasteiger partial charge is 0.153 e. The molecule has 2 nitrogen and oxygen atoms in total. The van der Waals surface area contributed by atoms with E-state index in [0.717, 1.165) is 22.8 Å². The van der Waals surface area contributed by atoms with Gasteiger partial charge in [-0.1, -0.05) is 60.7 Å². The highest BCUT2D eigenvalue weighted by Gasteiger charge is 2.11. The first-order valence-corrected chi connectivity index (χ1v) is 7.75. The SMILES string of the molecule is CC(=C(Oc1ccc2ccccc2c1)c1ccccc1)N(C)C. The zero-order chi connectivity index (χ0) is 16.2. The summed E-state index contributed by atoms with van der Waals surface area (Å²) in [5.41, 5.74) is 2.16. The molecular formula is C21H21NO. The van der Waals surface area contributed by atoms with Crippen molar-refractivity contribution in [3.8, 4) is 5.75 Å². The largest absolute Gasteiger partial charge is 0.455 e. The van der Waals surface area contributed by atoms with Crippen LogP contribution in [0.15, 0.2) is 78.5 Å². The fourth-order valence-corrected chi connectivity index (χ4v) is 2.48. The number of ether oxygens (including phenoxy) is 1. The van der Waals surface area contributed by atoms with Crippen molar-refractivity contribution in [3.05, 3.63) is 84.1 Å². The van der Waals surface area contributed by atoms with Gasteiger partial charge in [0.05, 0.1) is 5.70 Å². The molecule has 0 atom stereocenters. The van der Waals surface area contributed by atoms with Gasteiger partial charge in [0.15, 0.2) is 5.76 Å². The molecule has 0 aliphatic heterocycles. The summed E-state index contributed by atoms with van der Waals surface area (Å²) >= 11 is 0. The molecule has 0 saturated heterocycles. The van der Waals surface area contributed by atoms with Gasteiger partial charge in [-0.25, -0.2) is 0 Å². The number of nitrogens with zero attached hydrogens (tertiary/aromatic N) is 1. The summed E-state index contributed by atoms with van der Waals surface area (Å²) in [4.78, 5) is 2.07. The highest BCUT2D eigenvalue weighted by Crippen LogP contribution is 2.27. The summed E-state index contributed by atoms with van der Waals surface area (Å²) in [6.45, 7) is 2.07. The van der Waals surface area contributed by atoms with Gasteiger partial charge in [0.2, 0.25) is 0 Å². The van der Waals surface area contributed by atoms with Crippen LogP contribution in [0.5, 0.6) is 5.75 Å². The van der Waals surface area contributed by atoms with Crippen molar-refractivity contribution in [2.75, 3.05) is 14.1 Å². The molecule has 0 aromatic heterocycles. The van der Waals surface area contributed by atoms with E-state index in [1.807, 2.05) is 50.5 Å². The third-order valence-electron chi connectivity index (χ3n) is 3.98. The van der Waals surface area contributed by atoms with Crippen molar-refractivity contribution < 1.29 is 4.74 Å². The van der Waals surface area contributed by atoms with E-state index >= 15 is 0 Å². The fourth-order valence-electron chi connectivity index (χ4n) is 2.48.